The molecule has 2 rings (SSSR count). The molecule has 1 atom stereocenters. The lowest BCUT2D eigenvalue weighted by Crippen LogP contribution is -2.32. The Morgan fingerprint density at radius 3 is 2.67 bits per heavy atom. The van der Waals surface area contributed by atoms with Crippen molar-refractivity contribution in [2.75, 3.05) is 11.5 Å². The molecule has 1 unspecified atom stereocenters. The summed E-state index contributed by atoms with van der Waals surface area (Å²) >= 11 is 2.03. The molecule has 1 saturated carbocycles. The van der Waals surface area contributed by atoms with E-state index in [0.29, 0.717) is 5.41 Å². The van der Waals surface area contributed by atoms with Gasteiger partial charge in [-0.3, -0.25) is 4.79 Å². The van der Waals surface area contributed by atoms with Gasteiger partial charge in [0.1, 0.15) is 0 Å². The van der Waals surface area contributed by atoms with Crippen molar-refractivity contribution < 1.29 is 9.90 Å². The number of rotatable bonds is 11. The lowest BCUT2D eigenvalue weighted by molar-refractivity contribution is -0.143. The molecule has 0 heterocycles. The van der Waals surface area contributed by atoms with Crippen LogP contribution >= 0.6 is 11.8 Å². The summed E-state index contributed by atoms with van der Waals surface area (Å²) in [6.07, 6.45) is 7.68. The van der Waals surface area contributed by atoms with Crippen LogP contribution in [-0.2, 0) is 16.6 Å². The van der Waals surface area contributed by atoms with E-state index in [9.17, 15) is 9.90 Å². The SMILES string of the molecule is CCCc1cccc(C(C)(CCCC2(CSCC)CC2)C(=O)O)c1. The van der Waals surface area contributed by atoms with Crippen LogP contribution < -0.4 is 0 Å². The molecule has 1 fully saturated rings. The first-order valence-corrected chi connectivity index (χ1v) is 10.5. The maximum absolute atomic E-state index is 12.0. The fourth-order valence-corrected chi connectivity index (χ4v) is 4.58. The van der Waals surface area contributed by atoms with E-state index in [2.05, 4.69) is 26.0 Å². The van der Waals surface area contributed by atoms with E-state index in [1.807, 2.05) is 30.8 Å². The summed E-state index contributed by atoms with van der Waals surface area (Å²) in [4.78, 5) is 12.0. The van der Waals surface area contributed by atoms with E-state index in [0.717, 1.165) is 31.2 Å². The topological polar surface area (TPSA) is 37.3 Å². The van der Waals surface area contributed by atoms with Crippen LogP contribution in [0.15, 0.2) is 24.3 Å². The second kappa shape index (κ2) is 8.42. The van der Waals surface area contributed by atoms with E-state index in [1.54, 1.807) is 0 Å². The highest BCUT2D eigenvalue weighted by molar-refractivity contribution is 7.99. The van der Waals surface area contributed by atoms with Gasteiger partial charge in [-0.05, 0) is 67.1 Å². The van der Waals surface area contributed by atoms with Crippen LogP contribution in [0, 0.1) is 5.41 Å². The summed E-state index contributed by atoms with van der Waals surface area (Å²) in [5.41, 5.74) is 1.97. The van der Waals surface area contributed by atoms with Gasteiger partial charge in [0.15, 0.2) is 0 Å². The maximum atomic E-state index is 12.0. The van der Waals surface area contributed by atoms with Crippen LogP contribution in [0.5, 0.6) is 0 Å². The van der Waals surface area contributed by atoms with Crippen molar-refractivity contribution in [3.05, 3.63) is 35.4 Å². The molecular formula is C21H32O2S. The van der Waals surface area contributed by atoms with Crippen molar-refractivity contribution in [3.63, 3.8) is 0 Å². The van der Waals surface area contributed by atoms with Crippen molar-refractivity contribution in [1.29, 1.82) is 0 Å². The molecule has 0 amide bonds. The molecule has 0 aromatic heterocycles. The molecule has 24 heavy (non-hydrogen) atoms. The van der Waals surface area contributed by atoms with Crippen molar-refractivity contribution in [2.45, 2.75) is 71.1 Å². The maximum Gasteiger partial charge on any atom is 0.313 e. The first-order chi connectivity index (χ1) is 11.5. The summed E-state index contributed by atoms with van der Waals surface area (Å²) in [6.45, 7) is 6.28. The Morgan fingerprint density at radius 1 is 1.33 bits per heavy atom. The van der Waals surface area contributed by atoms with E-state index >= 15 is 0 Å². The van der Waals surface area contributed by atoms with Gasteiger partial charge in [-0.25, -0.2) is 0 Å². The first kappa shape index (κ1) is 19.4. The van der Waals surface area contributed by atoms with Crippen molar-refractivity contribution in [2.24, 2.45) is 5.41 Å². The summed E-state index contributed by atoms with van der Waals surface area (Å²) in [6, 6.07) is 8.22. The Kier molecular flexibility index (Phi) is 6.79. The highest BCUT2D eigenvalue weighted by atomic mass is 32.2. The molecular weight excluding hydrogens is 316 g/mol. The van der Waals surface area contributed by atoms with Crippen LogP contribution in [0.3, 0.4) is 0 Å². The second-order valence-corrected chi connectivity index (χ2v) is 8.85. The predicted molar refractivity (Wildman–Crippen MR) is 104 cm³/mol. The second-order valence-electron chi connectivity index (χ2n) is 7.58. The van der Waals surface area contributed by atoms with Gasteiger partial charge < -0.3 is 5.11 Å². The fourth-order valence-electron chi connectivity index (χ4n) is 3.51. The standard InChI is InChI=1S/C21H32O2S/c1-4-8-17-9-6-10-18(15-17)20(3,19(22)23)11-7-12-21(13-14-21)16-24-5-2/h6,9-10,15H,4-5,7-8,11-14,16H2,1-3H3,(H,22,23). The summed E-state index contributed by atoms with van der Waals surface area (Å²) in [7, 11) is 0. The molecule has 134 valence electrons. The minimum Gasteiger partial charge on any atom is -0.481 e. The van der Waals surface area contributed by atoms with Gasteiger partial charge in [0, 0.05) is 0 Å². The molecule has 1 aromatic carbocycles. The van der Waals surface area contributed by atoms with Crippen molar-refractivity contribution >= 4 is 17.7 Å². The number of hydrogen-bond acceptors (Lipinski definition) is 2. The molecule has 2 nitrogen and oxygen atoms in total. The number of aliphatic carboxylic acids is 1. The Bertz CT molecular complexity index is 551. The Balaban J connectivity index is 2.02. The largest absolute Gasteiger partial charge is 0.481 e. The monoisotopic (exact) mass is 348 g/mol. The van der Waals surface area contributed by atoms with Crippen LogP contribution in [-0.4, -0.2) is 22.6 Å². The normalized spacial score (nSPS) is 18.1. The summed E-state index contributed by atoms with van der Waals surface area (Å²) < 4.78 is 0. The number of carboxylic acids is 1. The molecule has 1 N–H and O–H groups in total. The van der Waals surface area contributed by atoms with E-state index in [1.165, 1.54) is 36.3 Å². The van der Waals surface area contributed by atoms with Gasteiger partial charge in [-0.1, -0.05) is 51.0 Å². The van der Waals surface area contributed by atoms with E-state index < -0.39 is 11.4 Å². The van der Waals surface area contributed by atoms with Crippen LogP contribution in [0.4, 0.5) is 0 Å². The highest BCUT2D eigenvalue weighted by Gasteiger charge is 2.42. The van der Waals surface area contributed by atoms with Gasteiger partial charge in [0.05, 0.1) is 5.41 Å². The highest BCUT2D eigenvalue weighted by Crippen LogP contribution is 2.52. The number of aryl methyl sites for hydroxylation is 1. The third-order valence-electron chi connectivity index (χ3n) is 5.53. The first-order valence-electron chi connectivity index (χ1n) is 9.36. The van der Waals surface area contributed by atoms with Crippen molar-refractivity contribution in [3.8, 4) is 0 Å². The van der Waals surface area contributed by atoms with Gasteiger partial charge in [0.25, 0.3) is 0 Å². The number of carboxylic acid groups (broad SMARTS) is 1. The average Bonchev–Trinajstić information content (AvgIpc) is 3.33. The zero-order valence-corrected chi connectivity index (χ0v) is 16.3. The van der Waals surface area contributed by atoms with Gasteiger partial charge >= 0.3 is 5.97 Å². The van der Waals surface area contributed by atoms with Gasteiger partial charge in [0.2, 0.25) is 0 Å². The third-order valence-corrected chi connectivity index (χ3v) is 6.75. The summed E-state index contributed by atoms with van der Waals surface area (Å²) in [5.74, 6) is 1.74. The number of thioether (sulfide) groups is 1. The number of benzene rings is 1. The average molecular weight is 349 g/mol. The molecule has 0 bridgehead atoms. The molecule has 0 saturated heterocycles. The van der Waals surface area contributed by atoms with E-state index in [-0.39, 0.29) is 0 Å². The number of carbonyl (C=O) groups is 1. The predicted octanol–water partition coefficient (Wildman–Crippen LogP) is 5.69. The lowest BCUT2D eigenvalue weighted by atomic mass is 9.77. The molecule has 3 heteroatoms. The fraction of sp³-hybridized carbons (Fsp3) is 0.667. The molecule has 0 spiro atoms. The summed E-state index contributed by atoms with van der Waals surface area (Å²) in [5, 5.41) is 9.89. The smallest absolute Gasteiger partial charge is 0.313 e. The lowest BCUT2D eigenvalue weighted by Gasteiger charge is -2.27. The Morgan fingerprint density at radius 2 is 2.08 bits per heavy atom. The van der Waals surface area contributed by atoms with E-state index in [4.69, 9.17) is 0 Å². The van der Waals surface area contributed by atoms with Crippen molar-refractivity contribution in [1.82, 2.24) is 0 Å². The van der Waals surface area contributed by atoms with Gasteiger partial charge in [-0.15, -0.1) is 0 Å². The zero-order chi connectivity index (χ0) is 17.6. The quantitative estimate of drug-likeness (QED) is 0.558. The zero-order valence-electron chi connectivity index (χ0n) is 15.4. The van der Waals surface area contributed by atoms with Crippen LogP contribution in [0.1, 0.15) is 70.4 Å². The van der Waals surface area contributed by atoms with Crippen LogP contribution in [0.25, 0.3) is 0 Å². The molecule has 1 aliphatic carbocycles. The Labute approximate surface area is 151 Å². The third kappa shape index (κ3) is 4.78. The molecule has 1 aliphatic rings. The minimum atomic E-state index is -0.766. The number of hydrogen-bond donors (Lipinski definition) is 1. The molecule has 0 radical (unpaired) electrons. The Hall–Kier alpha value is -0.960. The van der Waals surface area contributed by atoms with Crippen LogP contribution in [0.2, 0.25) is 0 Å². The molecule has 0 aliphatic heterocycles. The molecule has 1 aromatic rings. The minimum absolute atomic E-state index is 0.518. The van der Waals surface area contributed by atoms with Gasteiger partial charge in [-0.2, -0.15) is 11.8 Å².